The van der Waals surface area contributed by atoms with Crippen molar-refractivity contribution in [3.8, 4) is 0 Å². The molecule has 1 atom stereocenters. The van der Waals surface area contributed by atoms with Crippen molar-refractivity contribution in [1.29, 1.82) is 0 Å². The van der Waals surface area contributed by atoms with Crippen molar-refractivity contribution in [1.82, 2.24) is 5.32 Å². The quantitative estimate of drug-likeness (QED) is 0.774. The Morgan fingerprint density at radius 1 is 1.31 bits per heavy atom. The summed E-state index contributed by atoms with van der Waals surface area (Å²) in [5, 5.41) is 3.32. The van der Waals surface area contributed by atoms with Crippen LogP contribution in [0.25, 0.3) is 0 Å². The van der Waals surface area contributed by atoms with Crippen LogP contribution in [-0.2, 0) is 6.54 Å². The summed E-state index contributed by atoms with van der Waals surface area (Å²) in [5.41, 5.74) is 6.78. The van der Waals surface area contributed by atoms with Crippen molar-refractivity contribution in [2.45, 2.75) is 19.5 Å². The minimum absolute atomic E-state index is 0. The lowest BCUT2D eigenvalue weighted by molar-refractivity contribution is 0.556. The number of nitrogens with two attached hydrogens (primary N) is 1. The predicted molar refractivity (Wildman–Crippen MR) is 59.0 cm³/mol. The number of rotatable bonds is 4. The first kappa shape index (κ1) is 12.4. The van der Waals surface area contributed by atoms with Crippen LogP contribution in [0.15, 0.2) is 30.3 Å². The van der Waals surface area contributed by atoms with E-state index in [1.807, 2.05) is 18.2 Å². The zero-order valence-corrected chi connectivity index (χ0v) is 8.68. The Hall–Kier alpha value is -0.570. The molecule has 0 aliphatic heterocycles. The van der Waals surface area contributed by atoms with Gasteiger partial charge in [0, 0.05) is 19.1 Å². The topological polar surface area (TPSA) is 38.0 Å². The molecule has 3 heteroatoms. The Morgan fingerprint density at radius 2 is 1.92 bits per heavy atom. The lowest BCUT2D eigenvalue weighted by Crippen LogP contribution is -2.32. The fourth-order valence-electron chi connectivity index (χ4n) is 0.971. The first-order valence-electron chi connectivity index (χ1n) is 4.30. The van der Waals surface area contributed by atoms with E-state index in [0.717, 1.165) is 6.54 Å². The van der Waals surface area contributed by atoms with Gasteiger partial charge in [0.15, 0.2) is 0 Å². The molecule has 0 heterocycles. The van der Waals surface area contributed by atoms with Crippen LogP contribution in [-0.4, -0.2) is 12.6 Å². The number of halogens is 1. The minimum atomic E-state index is 0. The first-order chi connectivity index (χ1) is 5.83. The van der Waals surface area contributed by atoms with Gasteiger partial charge in [0.25, 0.3) is 0 Å². The average molecular weight is 201 g/mol. The minimum Gasteiger partial charge on any atom is -0.329 e. The fourth-order valence-corrected chi connectivity index (χ4v) is 0.971. The lowest BCUT2D eigenvalue weighted by atomic mass is 10.2. The van der Waals surface area contributed by atoms with E-state index in [9.17, 15) is 0 Å². The summed E-state index contributed by atoms with van der Waals surface area (Å²) in [4.78, 5) is 0. The van der Waals surface area contributed by atoms with Crippen molar-refractivity contribution in [2.75, 3.05) is 6.54 Å². The average Bonchev–Trinajstić information content (AvgIpc) is 2.16. The molecule has 13 heavy (non-hydrogen) atoms. The number of hydrogen-bond acceptors (Lipinski definition) is 2. The largest absolute Gasteiger partial charge is 0.329 e. The molecule has 1 aromatic rings. The highest BCUT2D eigenvalue weighted by Gasteiger charge is 1.96. The number of hydrogen-bond donors (Lipinski definition) is 2. The third kappa shape index (κ3) is 4.88. The Kier molecular flexibility index (Phi) is 6.59. The van der Waals surface area contributed by atoms with E-state index in [0.29, 0.717) is 12.6 Å². The van der Waals surface area contributed by atoms with Crippen LogP contribution in [0.2, 0.25) is 0 Å². The van der Waals surface area contributed by atoms with Gasteiger partial charge in [-0.2, -0.15) is 0 Å². The molecular weight excluding hydrogens is 184 g/mol. The highest BCUT2D eigenvalue weighted by atomic mass is 35.5. The van der Waals surface area contributed by atoms with E-state index < -0.39 is 0 Å². The highest BCUT2D eigenvalue weighted by Crippen LogP contribution is 1.97. The van der Waals surface area contributed by atoms with Gasteiger partial charge in [-0.05, 0) is 12.5 Å². The van der Waals surface area contributed by atoms with E-state index >= 15 is 0 Å². The summed E-state index contributed by atoms with van der Waals surface area (Å²) in [7, 11) is 0. The van der Waals surface area contributed by atoms with Gasteiger partial charge in [-0.3, -0.25) is 0 Å². The van der Waals surface area contributed by atoms with Crippen LogP contribution >= 0.6 is 12.4 Å². The van der Waals surface area contributed by atoms with Crippen molar-refractivity contribution in [3.05, 3.63) is 35.9 Å². The predicted octanol–water partition coefficient (Wildman–Crippen LogP) is 1.55. The second-order valence-corrected chi connectivity index (χ2v) is 3.00. The van der Waals surface area contributed by atoms with Crippen LogP contribution in [0.4, 0.5) is 0 Å². The zero-order valence-electron chi connectivity index (χ0n) is 7.86. The van der Waals surface area contributed by atoms with E-state index in [4.69, 9.17) is 5.73 Å². The van der Waals surface area contributed by atoms with Gasteiger partial charge in [-0.25, -0.2) is 0 Å². The van der Waals surface area contributed by atoms with Crippen LogP contribution in [0.5, 0.6) is 0 Å². The van der Waals surface area contributed by atoms with Gasteiger partial charge in [0.1, 0.15) is 0 Å². The molecular formula is C10H17ClN2. The molecule has 0 aromatic heterocycles. The SMILES string of the molecule is CC(CN)NCc1ccccc1.Cl. The van der Waals surface area contributed by atoms with E-state index in [-0.39, 0.29) is 12.4 Å². The third-order valence-electron chi connectivity index (χ3n) is 1.85. The number of benzene rings is 1. The van der Waals surface area contributed by atoms with Gasteiger partial charge in [-0.15, -0.1) is 12.4 Å². The molecule has 1 aromatic carbocycles. The van der Waals surface area contributed by atoms with Crippen LogP contribution in [0, 0.1) is 0 Å². The lowest BCUT2D eigenvalue weighted by Gasteiger charge is -2.10. The van der Waals surface area contributed by atoms with Gasteiger partial charge in [0.05, 0.1) is 0 Å². The van der Waals surface area contributed by atoms with Gasteiger partial charge in [-0.1, -0.05) is 30.3 Å². The summed E-state index contributed by atoms with van der Waals surface area (Å²) in [6.45, 7) is 3.68. The zero-order chi connectivity index (χ0) is 8.81. The smallest absolute Gasteiger partial charge is 0.0208 e. The molecule has 0 radical (unpaired) electrons. The first-order valence-corrected chi connectivity index (χ1v) is 4.30. The Bertz CT molecular complexity index is 213. The van der Waals surface area contributed by atoms with Crippen molar-refractivity contribution in [3.63, 3.8) is 0 Å². The summed E-state index contributed by atoms with van der Waals surface area (Å²) >= 11 is 0. The van der Waals surface area contributed by atoms with E-state index in [2.05, 4.69) is 24.4 Å². The highest BCUT2D eigenvalue weighted by molar-refractivity contribution is 5.85. The molecule has 1 unspecified atom stereocenters. The molecule has 2 nitrogen and oxygen atoms in total. The number of nitrogens with one attached hydrogen (secondary N) is 1. The molecule has 0 amide bonds. The molecule has 74 valence electrons. The summed E-state index contributed by atoms with van der Waals surface area (Å²) in [6.07, 6.45) is 0. The molecule has 0 aliphatic rings. The molecule has 0 saturated heterocycles. The van der Waals surface area contributed by atoms with Gasteiger partial charge >= 0.3 is 0 Å². The second kappa shape index (κ2) is 6.89. The van der Waals surface area contributed by atoms with Crippen molar-refractivity contribution in [2.24, 2.45) is 5.73 Å². The molecule has 0 fully saturated rings. The third-order valence-corrected chi connectivity index (χ3v) is 1.85. The summed E-state index contributed by atoms with van der Waals surface area (Å²) in [6, 6.07) is 10.7. The summed E-state index contributed by atoms with van der Waals surface area (Å²) in [5.74, 6) is 0. The van der Waals surface area contributed by atoms with E-state index in [1.165, 1.54) is 5.56 Å². The Morgan fingerprint density at radius 3 is 2.46 bits per heavy atom. The maximum absolute atomic E-state index is 5.47. The molecule has 0 bridgehead atoms. The second-order valence-electron chi connectivity index (χ2n) is 3.00. The standard InChI is InChI=1S/C10H16N2.ClH/c1-9(7-11)12-8-10-5-3-2-4-6-10;/h2-6,9,12H,7-8,11H2,1H3;1H. The van der Waals surface area contributed by atoms with Crippen LogP contribution in [0.1, 0.15) is 12.5 Å². The maximum atomic E-state index is 5.47. The molecule has 1 rings (SSSR count). The van der Waals surface area contributed by atoms with Gasteiger partial charge < -0.3 is 11.1 Å². The van der Waals surface area contributed by atoms with Crippen LogP contribution < -0.4 is 11.1 Å². The van der Waals surface area contributed by atoms with Crippen molar-refractivity contribution < 1.29 is 0 Å². The Labute approximate surface area is 85.9 Å². The van der Waals surface area contributed by atoms with Crippen molar-refractivity contribution >= 4 is 12.4 Å². The monoisotopic (exact) mass is 200 g/mol. The van der Waals surface area contributed by atoms with Gasteiger partial charge in [0.2, 0.25) is 0 Å². The maximum Gasteiger partial charge on any atom is 0.0208 e. The van der Waals surface area contributed by atoms with Crippen LogP contribution in [0.3, 0.4) is 0 Å². The summed E-state index contributed by atoms with van der Waals surface area (Å²) < 4.78 is 0. The molecule has 0 spiro atoms. The Balaban J connectivity index is 0.00000144. The molecule has 0 aliphatic carbocycles. The molecule has 0 saturated carbocycles. The normalized spacial score (nSPS) is 11.8. The van der Waals surface area contributed by atoms with E-state index in [1.54, 1.807) is 0 Å². The molecule has 3 N–H and O–H groups in total. The fraction of sp³-hybridized carbons (Fsp3) is 0.400.